The molecule has 0 amide bonds. The Hall–Kier alpha value is -2.04. The summed E-state index contributed by atoms with van der Waals surface area (Å²) < 4.78 is 28.5. The van der Waals surface area contributed by atoms with Gasteiger partial charge in [0.15, 0.2) is 0 Å². The van der Waals surface area contributed by atoms with Crippen LogP contribution in [0.5, 0.6) is 11.5 Å². The van der Waals surface area contributed by atoms with E-state index in [2.05, 4.69) is 11.3 Å². The molecule has 0 radical (unpaired) electrons. The smallest absolute Gasteiger partial charge is 0.381 e. The lowest BCUT2D eigenvalue weighted by Crippen LogP contribution is -2.25. The second kappa shape index (κ2) is 8.19. The van der Waals surface area contributed by atoms with Gasteiger partial charge in [0.05, 0.1) is 13.2 Å². The highest BCUT2D eigenvalue weighted by Gasteiger charge is 2.21. The van der Waals surface area contributed by atoms with Gasteiger partial charge in [-0.25, -0.2) is 4.79 Å². The molecule has 0 heterocycles. The van der Waals surface area contributed by atoms with Crippen molar-refractivity contribution in [3.05, 3.63) is 36.4 Å². The SMILES string of the molecule is C=CCc1cc(OCC)ccc1OC(F)C(=O)OCC. The van der Waals surface area contributed by atoms with Gasteiger partial charge in [0.2, 0.25) is 0 Å². The number of hydrogen-bond donors (Lipinski definition) is 0. The lowest BCUT2D eigenvalue weighted by Gasteiger charge is -2.14. The van der Waals surface area contributed by atoms with Crippen LogP contribution in [-0.4, -0.2) is 25.5 Å². The minimum atomic E-state index is -2.14. The molecule has 1 atom stereocenters. The summed E-state index contributed by atoms with van der Waals surface area (Å²) in [5.74, 6) is -0.108. The van der Waals surface area contributed by atoms with Crippen molar-refractivity contribution in [2.24, 2.45) is 0 Å². The van der Waals surface area contributed by atoms with Crippen LogP contribution in [0.15, 0.2) is 30.9 Å². The van der Waals surface area contributed by atoms with E-state index in [1.54, 1.807) is 31.2 Å². The Morgan fingerprint density at radius 2 is 2.15 bits per heavy atom. The number of esters is 1. The third-order valence-electron chi connectivity index (χ3n) is 2.41. The fourth-order valence-electron chi connectivity index (χ4n) is 1.61. The number of carbonyl (C=O) groups excluding carboxylic acids is 1. The zero-order valence-electron chi connectivity index (χ0n) is 11.7. The van der Waals surface area contributed by atoms with Gasteiger partial charge in [0.25, 0.3) is 0 Å². The van der Waals surface area contributed by atoms with Crippen LogP contribution in [0.1, 0.15) is 19.4 Å². The highest BCUT2D eigenvalue weighted by Crippen LogP contribution is 2.26. The number of benzene rings is 1. The molecule has 20 heavy (non-hydrogen) atoms. The molecule has 0 N–H and O–H groups in total. The molecule has 5 heteroatoms. The molecule has 0 aliphatic rings. The van der Waals surface area contributed by atoms with Crippen LogP contribution in [0.4, 0.5) is 4.39 Å². The van der Waals surface area contributed by atoms with Crippen molar-refractivity contribution < 1.29 is 23.4 Å². The largest absolute Gasteiger partial charge is 0.494 e. The van der Waals surface area contributed by atoms with Gasteiger partial charge < -0.3 is 14.2 Å². The molecule has 1 aromatic rings. The predicted octanol–water partition coefficient (Wildman–Crippen LogP) is 3.05. The monoisotopic (exact) mass is 282 g/mol. The van der Waals surface area contributed by atoms with Crippen molar-refractivity contribution in [3.8, 4) is 11.5 Å². The second-order valence-electron chi connectivity index (χ2n) is 3.88. The molecule has 0 saturated heterocycles. The molecule has 0 aliphatic carbocycles. The van der Waals surface area contributed by atoms with Crippen molar-refractivity contribution >= 4 is 5.97 Å². The maximum Gasteiger partial charge on any atom is 0.381 e. The second-order valence-corrected chi connectivity index (χ2v) is 3.88. The zero-order valence-corrected chi connectivity index (χ0v) is 11.7. The van der Waals surface area contributed by atoms with E-state index in [1.165, 1.54) is 0 Å². The number of hydrogen-bond acceptors (Lipinski definition) is 4. The Balaban J connectivity index is 2.87. The minimum Gasteiger partial charge on any atom is -0.494 e. The first-order valence-corrected chi connectivity index (χ1v) is 6.46. The summed E-state index contributed by atoms with van der Waals surface area (Å²) in [5, 5.41) is 0. The first kappa shape index (κ1) is 16.0. The van der Waals surface area contributed by atoms with Crippen molar-refractivity contribution in [2.45, 2.75) is 26.6 Å². The Morgan fingerprint density at radius 3 is 2.75 bits per heavy atom. The van der Waals surface area contributed by atoms with E-state index in [-0.39, 0.29) is 12.4 Å². The Morgan fingerprint density at radius 1 is 1.40 bits per heavy atom. The van der Waals surface area contributed by atoms with Gasteiger partial charge in [0, 0.05) is 5.56 Å². The first-order chi connectivity index (χ1) is 9.62. The summed E-state index contributed by atoms with van der Waals surface area (Å²) in [4.78, 5) is 11.2. The molecule has 1 unspecified atom stereocenters. The summed E-state index contributed by atoms with van der Waals surface area (Å²) >= 11 is 0. The average molecular weight is 282 g/mol. The molecule has 0 aliphatic heterocycles. The maximum atomic E-state index is 13.6. The van der Waals surface area contributed by atoms with Crippen molar-refractivity contribution in [1.82, 2.24) is 0 Å². The van der Waals surface area contributed by atoms with E-state index in [0.29, 0.717) is 24.3 Å². The van der Waals surface area contributed by atoms with E-state index >= 15 is 0 Å². The fraction of sp³-hybridized carbons (Fsp3) is 0.400. The van der Waals surface area contributed by atoms with E-state index in [0.717, 1.165) is 0 Å². The molecule has 4 nitrogen and oxygen atoms in total. The third kappa shape index (κ3) is 4.57. The van der Waals surface area contributed by atoms with Crippen LogP contribution in [-0.2, 0) is 16.0 Å². The highest BCUT2D eigenvalue weighted by molar-refractivity contribution is 5.73. The molecular formula is C15H19FO4. The quantitative estimate of drug-likeness (QED) is 0.543. The number of halogens is 1. The lowest BCUT2D eigenvalue weighted by molar-refractivity contribution is -0.159. The molecule has 0 bridgehead atoms. The Bertz CT molecular complexity index is 459. The van der Waals surface area contributed by atoms with Gasteiger partial charge in [0.1, 0.15) is 11.5 Å². The molecule has 1 rings (SSSR count). The van der Waals surface area contributed by atoms with Crippen LogP contribution in [0.25, 0.3) is 0 Å². The van der Waals surface area contributed by atoms with Crippen molar-refractivity contribution in [2.75, 3.05) is 13.2 Å². The van der Waals surface area contributed by atoms with Crippen LogP contribution < -0.4 is 9.47 Å². The predicted molar refractivity (Wildman–Crippen MR) is 73.7 cm³/mol. The average Bonchev–Trinajstić information content (AvgIpc) is 2.42. The number of ether oxygens (including phenoxy) is 3. The fourth-order valence-corrected chi connectivity index (χ4v) is 1.61. The Labute approximate surface area is 118 Å². The topological polar surface area (TPSA) is 44.8 Å². The van der Waals surface area contributed by atoms with Crippen molar-refractivity contribution in [3.63, 3.8) is 0 Å². The van der Waals surface area contributed by atoms with Gasteiger partial charge in [-0.2, -0.15) is 4.39 Å². The molecule has 110 valence electrons. The van der Waals surface area contributed by atoms with Crippen LogP contribution in [0.2, 0.25) is 0 Å². The van der Waals surface area contributed by atoms with Crippen LogP contribution in [0, 0.1) is 0 Å². The highest BCUT2D eigenvalue weighted by atomic mass is 19.1. The number of alkyl halides is 1. The van der Waals surface area contributed by atoms with Gasteiger partial charge >= 0.3 is 12.3 Å². The minimum absolute atomic E-state index is 0.103. The van der Waals surface area contributed by atoms with E-state index in [4.69, 9.17) is 9.47 Å². The molecule has 0 spiro atoms. The summed E-state index contributed by atoms with van der Waals surface area (Å²) in [6.45, 7) is 7.74. The summed E-state index contributed by atoms with van der Waals surface area (Å²) in [7, 11) is 0. The normalized spacial score (nSPS) is 11.6. The van der Waals surface area contributed by atoms with Crippen molar-refractivity contribution in [1.29, 1.82) is 0 Å². The number of rotatable bonds is 8. The molecule has 0 aromatic heterocycles. The third-order valence-corrected chi connectivity index (χ3v) is 2.41. The van der Waals surface area contributed by atoms with Gasteiger partial charge in [-0.3, -0.25) is 0 Å². The first-order valence-electron chi connectivity index (χ1n) is 6.46. The summed E-state index contributed by atoms with van der Waals surface area (Å²) in [6, 6.07) is 4.96. The molecule has 0 saturated carbocycles. The molecular weight excluding hydrogens is 263 g/mol. The molecule has 1 aromatic carbocycles. The zero-order chi connectivity index (χ0) is 15.0. The lowest BCUT2D eigenvalue weighted by atomic mass is 10.1. The van der Waals surface area contributed by atoms with Gasteiger partial charge in [-0.05, 0) is 38.5 Å². The molecule has 0 fully saturated rings. The number of carbonyl (C=O) groups is 1. The van der Waals surface area contributed by atoms with Crippen LogP contribution in [0.3, 0.4) is 0 Å². The standard InChI is InChI=1S/C15H19FO4/c1-4-7-11-10-12(18-5-2)8-9-13(11)20-14(16)15(17)19-6-3/h4,8-10,14H,1,5-7H2,2-3H3. The summed E-state index contributed by atoms with van der Waals surface area (Å²) in [5.41, 5.74) is 0.692. The number of allylic oxidation sites excluding steroid dienone is 1. The van der Waals surface area contributed by atoms with E-state index < -0.39 is 12.3 Å². The maximum absolute atomic E-state index is 13.6. The van der Waals surface area contributed by atoms with Gasteiger partial charge in [-0.15, -0.1) is 6.58 Å². The van der Waals surface area contributed by atoms with Gasteiger partial charge in [-0.1, -0.05) is 6.08 Å². The summed E-state index contributed by atoms with van der Waals surface area (Å²) in [6.07, 6.45) is -0.00197. The van der Waals surface area contributed by atoms with Crippen LogP contribution >= 0.6 is 0 Å². The van der Waals surface area contributed by atoms with E-state index in [9.17, 15) is 9.18 Å². The van der Waals surface area contributed by atoms with E-state index in [1.807, 2.05) is 6.92 Å². The Kier molecular flexibility index (Phi) is 6.56.